The number of amides is 2. The number of aromatic nitrogens is 5. The first-order chi connectivity index (χ1) is 24.7. The summed E-state index contributed by atoms with van der Waals surface area (Å²) in [5.74, 6) is 0.332. The second-order valence-electron chi connectivity index (χ2n) is 12.8. The zero-order valence-electron chi connectivity index (χ0n) is 27.6. The van der Waals surface area contributed by atoms with E-state index in [0.29, 0.717) is 69.0 Å². The molecule has 3 aliphatic heterocycles. The molecule has 0 aliphatic carbocycles. The van der Waals surface area contributed by atoms with E-state index in [1.54, 1.807) is 23.4 Å². The van der Waals surface area contributed by atoms with E-state index < -0.39 is 12.8 Å². The minimum atomic E-state index is -3.11. The van der Waals surface area contributed by atoms with Crippen molar-refractivity contribution in [3.05, 3.63) is 59.6 Å². The van der Waals surface area contributed by atoms with Crippen LogP contribution < -0.4 is 10.1 Å². The van der Waals surface area contributed by atoms with Crippen LogP contribution in [0.3, 0.4) is 0 Å². The number of aliphatic hydroxyl groups is 1. The lowest BCUT2D eigenvalue weighted by molar-refractivity contribution is -0.131. The molecule has 0 radical (unpaired) electrons. The number of morpholine rings is 1. The fourth-order valence-electron chi connectivity index (χ4n) is 6.96. The number of carbonyl (C=O) groups is 2. The number of aliphatic hydroxyl groups excluding tert-OH is 1. The molecule has 3 aromatic heterocycles. The molecule has 2 N–H and O–H groups in total. The van der Waals surface area contributed by atoms with Crippen molar-refractivity contribution in [1.29, 1.82) is 0 Å². The number of rotatable bonds is 12. The van der Waals surface area contributed by atoms with Crippen LogP contribution in [0.15, 0.2) is 49.1 Å². The largest absolute Gasteiger partial charge is 0.449 e. The van der Waals surface area contributed by atoms with Gasteiger partial charge in [-0.25, -0.2) is 14.3 Å². The maximum absolute atomic E-state index is 13.6. The summed E-state index contributed by atoms with van der Waals surface area (Å²) in [4.78, 5) is 35.9. The van der Waals surface area contributed by atoms with Gasteiger partial charge in [0.2, 0.25) is 5.91 Å². The summed E-state index contributed by atoms with van der Waals surface area (Å²) < 4.78 is 45.1. The number of anilines is 1. The smallest absolute Gasteiger partial charge is 0.409 e. The summed E-state index contributed by atoms with van der Waals surface area (Å²) in [6.45, 7) is 3.00. The van der Waals surface area contributed by atoms with Crippen LogP contribution in [0.2, 0.25) is 5.02 Å². The highest BCUT2D eigenvalue weighted by molar-refractivity contribution is 6.31. The van der Waals surface area contributed by atoms with Crippen molar-refractivity contribution >= 4 is 34.9 Å². The average Bonchev–Trinajstić information content (AvgIpc) is 3.90. The lowest BCUT2D eigenvalue weighted by atomic mass is 10.0. The van der Waals surface area contributed by atoms with E-state index in [2.05, 4.69) is 25.4 Å². The van der Waals surface area contributed by atoms with Crippen molar-refractivity contribution in [2.24, 2.45) is 11.8 Å². The molecule has 6 heterocycles. The fraction of sp³-hybridized carbons (Fsp3) is 0.485. The monoisotopic (exact) mass is 729 g/mol. The molecule has 3 aliphatic rings. The van der Waals surface area contributed by atoms with Crippen LogP contribution >= 0.6 is 11.6 Å². The van der Waals surface area contributed by atoms with Crippen molar-refractivity contribution in [1.82, 2.24) is 39.1 Å². The van der Waals surface area contributed by atoms with Crippen molar-refractivity contribution in [3.63, 3.8) is 0 Å². The van der Waals surface area contributed by atoms with E-state index in [-0.39, 0.29) is 46.3 Å². The molecule has 272 valence electrons. The predicted octanol–water partition coefficient (Wildman–Crippen LogP) is 3.20. The van der Waals surface area contributed by atoms with Crippen LogP contribution in [0.25, 0.3) is 16.9 Å². The standard InChI is InChI=1S/C33H38ClF2N9O6/c34-23-3-4-27(51-32(35)36)24(13-23)29-26(39-31(47)25-14-38-45-7-1-5-37-30(25)45)19-44(40-29)20-28(46)43-17-21-15-41(16-22(21)18-43)6-2-10-50-33(48)42-8-11-49-12-9-42/h1,3-5,7,13-14,19,21-22,31-32,39,47H,2,6,8-12,15-18,20H2/t21-,22+,31?. The van der Waals surface area contributed by atoms with Gasteiger partial charge >= 0.3 is 12.7 Å². The molecule has 1 aromatic carbocycles. The Labute approximate surface area is 296 Å². The third-order valence-corrected chi connectivity index (χ3v) is 9.63. The van der Waals surface area contributed by atoms with E-state index in [1.165, 1.54) is 39.8 Å². The molecule has 0 spiro atoms. The number of halogens is 3. The Balaban J connectivity index is 0.995. The van der Waals surface area contributed by atoms with Crippen LogP contribution in [0.5, 0.6) is 5.75 Å². The average molecular weight is 730 g/mol. The molecule has 0 bridgehead atoms. The molecule has 18 heteroatoms. The first-order valence-electron chi connectivity index (χ1n) is 16.8. The quantitative estimate of drug-likeness (QED) is 0.163. The second kappa shape index (κ2) is 15.3. The molecule has 7 rings (SSSR count). The van der Waals surface area contributed by atoms with Crippen molar-refractivity contribution in [2.75, 3.05) is 71.0 Å². The van der Waals surface area contributed by atoms with Gasteiger partial charge in [0.05, 0.1) is 37.3 Å². The lowest BCUT2D eigenvalue weighted by Gasteiger charge is -2.26. The number of hydrogen-bond donors (Lipinski definition) is 2. The Hall–Kier alpha value is -4.58. The highest BCUT2D eigenvalue weighted by atomic mass is 35.5. The minimum absolute atomic E-state index is 0.119. The third kappa shape index (κ3) is 8.01. The SMILES string of the molecule is O=C(Cn1cc(NC(O)c2cnn3cccnc23)c(-c2cc(Cl)ccc2OC(F)F)n1)N1C[C@H]2CN(CCCOC(=O)N3CCOCC3)C[C@H]2C1. The van der Waals surface area contributed by atoms with Crippen molar-refractivity contribution in [2.45, 2.75) is 25.8 Å². The van der Waals surface area contributed by atoms with Gasteiger partial charge in [-0.1, -0.05) is 11.6 Å². The molecule has 3 atom stereocenters. The van der Waals surface area contributed by atoms with Gasteiger partial charge in [-0.2, -0.15) is 19.0 Å². The highest BCUT2D eigenvalue weighted by Crippen LogP contribution is 2.38. The third-order valence-electron chi connectivity index (χ3n) is 9.39. The summed E-state index contributed by atoms with van der Waals surface area (Å²) in [5, 5.41) is 23.2. The topological polar surface area (TPSA) is 152 Å². The number of nitrogens with zero attached hydrogens (tertiary/aromatic N) is 8. The number of hydrogen-bond acceptors (Lipinski definition) is 11. The number of benzene rings is 1. The first kappa shape index (κ1) is 34.9. The van der Waals surface area contributed by atoms with E-state index >= 15 is 0 Å². The number of likely N-dealkylation sites (tertiary alicyclic amines) is 2. The Morgan fingerprint density at radius 1 is 1.12 bits per heavy atom. The van der Waals surface area contributed by atoms with E-state index in [1.807, 2.05) is 4.90 Å². The Morgan fingerprint density at radius 2 is 1.90 bits per heavy atom. The molecule has 51 heavy (non-hydrogen) atoms. The van der Waals surface area contributed by atoms with Gasteiger partial charge in [0, 0.05) is 75.0 Å². The van der Waals surface area contributed by atoms with Gasteiger partial charge in [-0.05, 0) is 42.5 Å². The molecule has 1 unspecified atom stereocenters. The summed E-state index contributed by atoms with van der Waals surface area (Å²) >= 11 is 6.26. The molecule has 2 amide bonds. The number of carbonyl (C=O) groups excluding carboxylic acids is 2. The maximum atomic E-state index is 13.6. The van der Waals surface area contributed by atoms with Crippen molar-refractivity contribution < 1.29 is 37.7 Å². The van der Waals surface area contributed by atoms with Gasteiger partial charge in [0.1, 0.15) is 18.0 Å². The second-order valence-corrected chi connectivity index (χ2v) is 13.2. The summed E-state index contributed by atoms with van der Waals surface area (Å²) in [6, 6.07) is 5.87. The number of nitrogens with one attached hydrogen (secondary N) is 1. The van der Waals surface area contributed by atoms with Gasteiger partial charge in [0.15, 0.2) is 11.9 Å². The van der Waals surface area contributed by atoms with Gasteiger partial charge < -0.3 is 39.3 Å². The first-order valence-corrected chi connectivity index (χ1v) is 17.1. The molecule has 3 fully saturated rings. The summed E-state index contributed by atoms with van der Waals surface area (Å²) in [7, 11) is 0. The zero-order valence-corrected chi connectivity index (χ0v) is 28.4. The van der Waals surface area contributed by atoms with Gasteiger partial charge in [0.25, 0.3) is 0 Å². The van der Waals surface area contributed by atoms with Crippen molar-refractivity contribution in [3.8, 4) is 17.0 Å². The van der Waals surface area contributed by atoms with Crippen LogP contribution in [-0.4, -0.2) is 128 Å². The highest BCUT2D eigenvalue weighted by Gasteiger charge is 2.41. The normalized spacial score (nSPS) is 19.9. The molecule has 3 saturated heterocycles. The fourth-order valence-corrected chi connectivity index (χ4v) is 7.13. The van der Waals surface area contributed by atoms with E-state index in [9.17, 15) is 23.5 Å². The molecule has 4 aromatic rings. The Morgan fingerprint density at radius 3 is 2.67 bits per heavy atom. The summed E-state index contributed by atoms with van der Waals surface area (Å²) in [5.41, 5.74) is 1.32. The molecule has 15 nitrogen and oxygen atoms in total. The number of fused-ring (bicyclic) bond motifs is 2. The zero-order chi connectivity index (χ0) is 35.5. The molecule has 0 saturated carbocycles. The Kier molecular flexibility index (Phi) is 10.5. The summed E-state index contributed by atoms with van der Waals surface area (Å²) in [6.07, 6.45) is 5.37. The van der Waals surface area contributed by atoms with Crippen LogP contribution in [-0.2, 0) is 20.8 Å². The van der Waals surface area contributed by atoms with Crippen LogP contribution in [0.4, 0.5) is 19.3 Å². The molecular weight excluding hydrogens is 692 g/mol. The minimum Gasteiger partial charge on any atom is -0.449 e. The molecular formula is C33H38ClF2N9O6. The Bertz CT molecular complexity index is 1840. The van der Waals surface area contributed by atoms with Gasteiger partial charge in [-0.3, -0.25) is 9.48 Å². The number of alkyl halides is 2. The van der Waals surface area contributed by atoms with Gasteiger partial charge in [-0.15, -0.1) is 0 Å². The predicted molar refractivity (Wildman–Crippen MR) is 179 cm³/mol. The van der Waals surface area contributed by atoms with E-state index in [0.717, 1.165) is 26.1 Å². The van der Waals surface area contributed by atoms with Crippen LogP contribution in [0, 0.1) is 11.8 Å². The van der Waals surface area contributed by atoms with Crippen LogP contribution in [0.1, 0.15) is 18.2 Å². The van der Waals surface area contributed by atoms with E-state index in [4.69, 9.17) is 25.8 Å². The maximum Gasteiger partial charge on any atom is 0.409 e. The lowest BCUT2D eigenvalue weighted by Crippen LogP contribution is -2.41. The number of ether oxygens (including phenoxy) is 3.